The van der Waals surface area contributed by atoms with Crippen LogP contribution in [-0.2, 0) is 0 Å². The van der Waals surface area contributed by atoms with Crippen molar-refractivity contribution in [2.24, 2.45) is 5.92 Å². The highest BCUT2D eigenvalue weighted by atomic mass is 32.2. The SMILES string of the molecule is C[C@H](c1ccccn1)N1CCN(C[C@@H]2CCSC2)CC1. The Labute approximate surface area is 126 Å². The zero-order valence-electron chi connectivity index (χ0n) is 12.4. The molecule has 3 nitrogen and oxygen atoms in total. The number of rotatable bonds is 4. The molecule has 0 radical (unpaired) electrons. The Morgan fingerprint density at radius 3 is 2.80 bits per heavy atom. The van der Waals surface area contributed by atoms with Crippen molar-refractivity contribution in [3.8, 4) is 0 Å². The summed E-state index contributed by atoms with van der Waals surface area (Å²) in [4.78, 5) is 9.73. The van der Waals surface area contributed by atoms with E-state index in [0.29, 0.717) is 6.04 Å². The fraction of sp³-hybridized carbons (Fsp3) is 0.688. The largest absolute Gasteiger partial charge is 0.300 e. The molecule has 2 fully saturated rings. The highest BCUT2D eigenvalue weighted by Gasteiger charge is 2.25. The van der Waals surface area contributed by atoms with Crippen molar-refractivity contribution in [3.63, 3.8) is 0 Å². The predicted octanol–water partition coefficient (Wildman–Crippen LogP) is 2.51. The smallest absolute Gasteiger partial charge is 0.0572 e. The lowest BCUT2D eigenvalue weighted by molar-refractivity contribution is 0.0923. The third-order valence-electron chi connectivity index (χ3n) is 4.61. The lowest BCUT2D eigenvalue weighted by Crippen LogP contribution is -2.48. The van der Waals surface area contributed by atoms with Gasteiger partial charge < -0.3 is 4.90 Å². The van der Waals surface area contributed by atoms with E-state index in [9.17, 15) is 0 Å². The topological polar surface area (TPSA) is 19.4 Å². The molecular formula is C16H25N3S. The second-order valence-corrected chi connectivity index (χ2v) is 7.15. The van der Waals surface area contributed by atoms with Gasteiger partial charge in [-0.3, -0.25) is 9.88 Å². The van der Waals surface area contributed by atoms with Gasteiger partial charge in [0.25, 0.3) is 0 Å². The Morgan fingerprint density at radius 2 is 2.15 bits per heavy atom. The van der Waals surface area contributed by atoms with Crippen LogP contribution >= 0.6 is 11.8 Å². The summed E-state index contributed by atoms with van der Waals surface area (Å²) in [6.07, 6.45) is 3.33. The Hall–Kier alpha value is -0.580. The Morgan fingerprint density at radius 1 is 1.30 bits per heavy atom. The van der Waals surface area contributed by atoms with Gasteiger partial charge in [-0.15, -0.1) is 0 Å². The minimum atomic E-state index is 0.445. The van der Waals surface area contributed by atoms with Crippen LogP contribution in [0.25, 0.3) is 0 Å². The summed E-state index contributed by atoms with van der Waals surface area (Å²) < 4.78 is 0. The van der Waals surface area contributed by atoms with E-state index in [0.717, 1.165) is 5.92 Å². The molecular weight excluding hydrogens is 266 g/mol. The van der Waals surface area contributed by atoms with Crippen molar-refractivity contribution >= 4 is 11.8 Å². The van der Waals surface area contributed by atoms with Gasteiger partial charge in [-0.05, 0) is 42.9 Å². The zero-order valence-corrected chi connectivity index (χ0v) is 13.2. The summed E-state index contributed by atoms with van der Waals surface area (Å²) in [5.41, 5.74) is 1.20. The zero-order chi connectivity index (χ0) is 13.8. The fourth-order valence-corrected chi connectivity index (χ4v) is 4.51. The number of pyridine rings is 1. The first kappa shape index (κ1) is 14.4. The maximum absolute atomic E-state index is 4.50. The molecule has 3 rings (SSSR count). The second kappa shape index (κ2) is 6.92. The van der Waals surface area contributed by atoms with E-state index < -0.39 is 0 Å². The van der Waals surface area contributed by atoms with E-state index in [4.69, 9.17) is 0 Å². The second-order valence-electron chi connectivity index (χ2n) is 6.00. The van der Waals surface area contributed by atoms with Gasteiger partial charge in [0, 0.05) is 45.0 Å². The van der Waals surface area contributed by atoms with Crippen molar-refractivity contribution in [2.75, 3.05) is 44.2 Å². The Bertz CT molecular complexity index is 397. The van der Waals surface area contributed by atoms with Crippen LogP contribution in [0.15, 0.2) is 24.4 Å². The fourth-order valence-electron chi connectivity index (χ4n) is 3.24. The normalized spacial score (nSPS) is 26.8. The third-order valence-corrected chi connectivity index (χ3v) is 5.84. The number of nitrogens with zero attached hydrogens (tertiary/aromatic N) is 3. The molecule has 3 heterocycles. The van der Waals surface area contributed by atoms with Crippen LogP contribution in [0.5, 0.6) is 0 Å². The van der Waals surface area contributed by atoms with Gasteiger partial charge in [-0.1, -0.05) is 6.07 Å². The van der Waals surface area contributed by atoms with Crippen LogP contribution in [0, 0.1) is 5.92 Å². The summed E-state index contributed by atoms with van der Waals surface area (Å²) in [5.74, 6) is 3.70. The van der Waals surface area contributed by atoms with Crippen LogP contribution in [0.1, 0.15) is 25.1 Å². The van der Waals surface area contributed by atoms with Crippen LogP contribution in [0.3, 0.4) is 0 Å². The van der Waals surface area contributed by atoms with Crippen molar-refractivity contribution < 1.29 is 0 Å². The van der Waals surface area contributed by atoms with Crippen LogP contribution < -0.4 is 0 Å². The molecule has 1 aromatic heterocycles. The predicted molar refractivity (Wildman–Crippen MR) is 86.1 cm³/mol. The average molecular weight is 291 g/mol. The lowest BCUT2D eigenvalue weighted by Gasteiger charge is -2.38. The first-order valence-electron chi connectivity index (χ1n) is 7.78. The van der Waals surface area contributed by atoms with Crippen LogP contribution in [-0.4, -0.2) is 59.0 Å². The Balaban J connectivity index is 1.48. The first-order valence-corrected chi connectivity index (χ1v) is 8.93. The highest BCUT2D eigenvalue weighted by molar-refractivity contribution is 7.99. The summed E-state index contributed by atoms with van der Waals surface area (Å²) >= 11 is 2.13. The minimum Gasteiger partial charge on any atom is -0.300 e. The molecule has 0 N–H and O–H groups in total. The van der Waals surface area contributed by atoms with Crippen molar-refractivity contribution in [3.05, 3.63) is 30.1 Å². The summed E-state index contributed by atoms with van der Waals surface area (Å²) in [6, 6.07) is 6.67. The molecule has 0 bridgehead atoms. The maximum atomic E-state index is 4.50. The van der Waals surface area contributed by atoms with Crippen LogP contribution in [0.4, 0.5) is 0 Å². The molecule has 0 amide bonds. The van der Waals surface area contributed by atoms with Gasteiger partial charge in [0.15, 0.2) is 0 Å². The highest BCUT2D eigenvalue weighted by Crippen LogP contribution is 2.25. The van der Waals surface area contributed by atoms with E-state index in [1.807, 2.05) is 12.3 Å². The van der Waals surface area contributed by atoms with E-state index in [1.165, 1.54) is 56.3 Å². The minimum absolute atomic E-state index is 0.445. The maximum Gasteiger partial charge on any atom is 0.0572 e. The van der Waals surface area contributed by atoms with Gasteiger partial charge in [-0.25, -0.2) is 0 Å². The number of aromatic nitrogens is 1. The summed E-state index contributed by atoms with van der Waals surface area (Å²) in [5, 5.41) is 0. The number of hydrogen-bond acceptors (Lipinski definition) is 4. The van der Waals surface area contributed by atoms with Gasteiger partial charge in [0.2, 0.25) is 0 Å². The quantitative estimate of drug-likeness (QED) is 0.848. The van der Waals surface area contributed by atoms with Gasteiger partial charge in [0.05, 0.1) is 5.69 Å². The number of piperazine rings is 1. The molecule has 2 saturated heterocycles. The summed E-state index contributed by atoms with van der Waals surface area (Å²) in [7, 11) is 0. The van der Waals surface area contributed by atoms with Crippen molar-refractivity contribution in [1.29, 1.82) is 0 Å². The van der Waals surface area contributed by atoms with E-state index in [2.05, 4.69) is 45.6 Å². The molecule has 110 valence electrons. The molecule has 1 aromatic rings. The van der Waals surface area contributed by atoms with Crippen LogP contribution in [0.2, 0.25) is 0 Å². The molecule has 2 atom stereocenters. The van der Waals surface area contributed by atoms with Gasteiger partial charge in [-0.2, -0.15) is 11.8 Å². The number of thioether (sulfide) groups is 1. The molecule has 0 aliphatic carbocycles. The molecule has 2 aliphatic rings. The van der Waals surface area contributed by atoms with Gasteiger partial charge in [0.1, 0.15) is 0 Å². The average Bonchev–Trinajstić information content (AvgIpc) is 3.01. The van der Waals surface area contributed by atoms with E-state index >= 15 is 0 Å². The monoisotopic (exact) mass is 291 g/mol. The van der Waals surface area contributed by atoms with Gasteiger partial charge >= 0.3 is 0 Å². The first-order chi connectivity index (χ1) is 9.83. The molecule has 20 heavy (non-hydrogen) atoms. The lowest BCUT2D eigenvalue weighted by atomic mass is 10.1. The third kappa shape index (κ3) is 3.54. The van der Waals surface area contributed by atoms with Crippen molar-refractivity contribution in [2.45, 2.75) is 19.4 Å². The Kier molecular flexibility index (Phi) is 4.97. The summed E-state index contributed by atoms with van der Waals surface area (Å²) in [6.45, 7) is 8.40. The van der Waals surface area contributed by atoms with E-state index in [-0.39, 0.29) is 0 Å². The molecule has 4 heteroatoms. The van der Waals surface area contributed by atoms with Crippen molar-refractivity contribution in [1.82, 2.24) is 14.8 Å². The van der Waals surface area contributed by atoms with E-state index in [1.54, 1.807) is 0 Å². The molecule has 0 aromatic carbocycles. The number of hydrogen-bond donors (Lipinski definition) is 0. The molecule has 2 aliphatic heterocycles. The molecule has 0 unspecified atom stereocenters. The molecule has 0 spiro atoms. The standard InChI is InChI=1S/C16H25N3S/c1-14(16-4-2-3-6-17-16)19-9-7-18(8-10-19)12-15-5-11-20-13-15/h2-4,6,14-15H,5,7-13H2,1H3/t14-,15+/m1/s1. The molecule has 0 saturated carbocycles.